The molecule has 2 saturated heterocycles. The first-order chi connectivity index (χ1) is 19.1. The largest absolute Gasteiger partial charge is 0.443 e. The number of hydrogen-bond acceptors (Lipinski definition) is 9. The van der Waals surface area contributed by atoms with E-state index in [0.29, 0.717) is 44.2 Å². The molecule has 0 radical (unpaired) electrons. The fraction of sp³-hybridized carbons (Fsp3) is 0.393. The van der Waals surface area contributed by atoms with Crippen LogP contribution >= 0.6 is 0 Å². The maximum absolute atomic E-state index is 15.0. The van der Waals surface area contributed by atoms with Gasteiger partial charge in [-0.15, -0.1) is 0 Å². The van der Waals surface area contributed by atoms with Crippen molar-refractivity contribution in [2.24, 2.45) is 0 Å². The van der Waals surface area contributed by atoms with E-state index in [1.807, 2.05) is 11.0 Å². The van der Waals surface area contributed by atoms with Gasteiger partial charge in [-0.1, -0.05) is 6.07 Å². The van der Waals surface area contributed by atoms with Gasteiger partial charge in [0.2, 0.25) is 0 Å². The second-order valence-corrected chi connectivity index (χ2v) is 10.9. The second kappa shape index (κ2) is 9.39. The molecule has 0 N–H and O–H groups in total. The van der Waals surface area contributed by atoms with Crippen LogP contribution in [0.3, 0.4) is 0 Å². The van der Waals surface area contributed by atoms with Crippen molar-refractivity contribution in [2.45, 2.75) is 45.1 Å². The minimum atomic E-state index is -0.820. The Morgan fingerprint density at radius 1 is 1.20 bits per heavy atom. The molecule has 5 heterocycles. The Hall–Kier alpha value is -4.34. The number of rotatable bonds is 3. The van der Waals surface area contributed by atoms with Crippen LogP contribution in [-0.4, -0.2) is 69.4 Å². The molecule has 3 aromatic rings. The van der Waals surface area contributed by atoms with Crippen molar-refractivity contribution in [3.8, 4) is 23.0 Å². The topological polar surface area (TPSA) is 123 Å². The van der Waals surface area contributed by atoms with E-state index in [2.05, 4.69) is 4.98 Å². The molecule has 40 heavy (non-hydrogen) atoms. The van der Waals surface area contributed by atoms with E-state index >= 15 is 4.39 Å². The average Bonchev–Trinajstić information content (AvgIpc) is 3.70. The molecule has 0 unspecified atom stereocenters. The number of ether oxygens (including phenoxy) is 3. The Bertz CT molecular complexity index is 1570. The smallest absolute Gasteiger partial charge is 0.417 e. The number of imide groups is 1. The zero-order chi connectivity index (χ0) is 28.2. The summed E-state index contributed by atoms with van der Waals surface area (Å²) >= 11 is 0. The highest BCUT2D eigenvalue weighted by Gasteiger charge is 2.44. The molecular weight excluding hydrogens is 519 g/mol. The van der Waals surface area contributed by atoms with Crippen molar-refractivity contribution in [1.29, 1.82) is 5.26 Å². The minimum Gasteiger partial charge on any atom is -0.443 e. The molecular formula is C28H27FN6O5. The van der Waals surface area contributed by atoms with E-state index < -0.39 is 29.2 Å². The Balaban J connectivity index is 1.43. The lowest BCUT2D eigenvalue weighted by Crippen LogP contribution is -2.37. The summed E-state index contributed by atoms with van der Waals surface area (Å²) in [4.78, 5) is 34.0. The number of carbonyl (C=O) groups excluding carboxylic acids is 2. The first-order valence-corrected chi connectivity index (χ1v) is 12.9. The molecule has 0 atom stereocenters. The molecule has 2 amide bonds. The number of amides is 2. The number of nitrogens with zero attached hydrogens (tertiary/aromatic N) is 6. The first kappa shape index (κ1) is 25.9. The summed E-state index contributed by atoms with van der Waals surface area (Å²) in [6.07, 6.45) is 1.57. The van der Waals surface area contributed by atoms with Crippen LogP contribution in [-0.2, 0) is 20.8 Å². The molecule has 1 aromatic carbocycles. The van der Waals surface area contributed by atoms with Crippen LogP contribution in [0.2, 0.25) is 0 Å². The van der Waals surface area contributed by atoms with E-state index in [0.717, 1.165) is 4.90 Å². The van der Waals surface area contributed by atoms with Gasteiger partial charge in [-0.3, -0.25) is 4.79 Å². The number of nitriles is 1. The lowest BCUT2D eigenvalue weighted by atomic mass is 10.0. The average molecular weight is 547 g/mol. The Labute approximate surface area is 229 Å². The summed E-state index contributed by atoms with van der Waals surface area (Å²) in [7, 11) is 0. The van der Waals surface area contributed by atoms with Crippen molar-refractivity contribution in [3.63, 3.8) is 0 Å². The predicted molar refractivity (Wildman–Crippen MR) is 139 cm³/mol. The highest BCUT2D eigenvalue weighted by Crippen LogP contribution is 2.36. The third kappa shape index (κ3) is 4.47. The Morgan fingerprint density at radius 3 is 2.70 bits per heavy atom. The first-order valence-electron chi connectivity index (χ1n) is 12.9. The van der Waals surface area contributed by atoms with E-state index in [4.69, 9.17) is 19.3 Å². The highest BCUT2D eigenvalue weighted by molar-refractivity contribution is 6.08. The van der Waals surface area contributed by atoms with Crippen LogP contribution in [0.25, 0.3) is 16.9 Å². The minimum absolute atomic E-state index is 0.00149. The van der Waals surface area contributed by atoms with Gasteiger partial charge in [-0.05, 0) is 39.0 Å². The zero-order valence-electron chi connectivity index (χ0n) is 22.3. The van der Waals surface area contributed by atoms with Crippen LogP contribution in [0, 0.1) is 17.1 Å². The van der Waals surface area contributed by atoms with Crippen LogP contribution in [0.4, 0.5) is 15.0 Å². The maximum Gasteiger partial charge on any atom is 0.417 e. The quantitative estimate of drug-likeness (QED) is 0.483. The number of aromatic nitrogens is 3. The SMILES string of the molecule is CC(C)(C)OC(=O)N1Cc2nc(-c3c(F)cccc3C#N)cc(-n3ccc(N4CCC5(C4)OCCO5)n3)c2C1=O. The van der Waals surface area contributed by atoms with Crippen molar-refractivity contribution in [1.82, 2.24) is 19.7 Å². The fourth-order valence-corrected chi connectivity index (χ4v) is 5.24. The van der Waals surface area contributed by atoms with Gasteiger partial charge in [-0.2, -0.15) is 10.4 Å². The van der Waals surface area contributed by atoms with Crippen molar-refractivity contribution >= 4 is 17.8 Å². The lowest BCUT2D eigenvalue weighted by molar-refractivity contribution is -0.137. The number of anilines is 1. The molecule has 206 valence electrons. The highest BCUT2D eigenvalue weighted by atomic mass is 19.1. The standard InChI is InChI=1S/C28H27FN6O5/c1-27(2,3)40-26(37)34-15-20-24(25(34)36)21(13-19(31-20)23-17(14-30)5-4-6-18(23)29)35-9-7-22(32-35)33-10-8-28(16-33)38-11-12-39-28/h4-7,9,13H,8,10-12,15-16H2,1-3H3. The molecule has 0 bridgehead atoms. The second-order valence-electron chi connectivity index (χ2n) is 10.9. The van der Waals surface area contributed by atoms with Gasteiger partial charge in [0.1, 0.15) is 11.4 Å². The molecule has 12 heteroatoms. The van der Waals surface area contributed by atoms with Crippen molar-refractivity contribution < 1.29 is 28.2 Å². The van der Waals surface area contributed by atoms with E-state index in [1.165, 1.54) is 28.9 Å². The van der Waals surface area contributed by atoms with Crippen molar-refractivity contribution in [2.75, 3.05) is 31.2 Å². The normalized spacial score (nSPS) is 17.9. The molecule has 0 aliphatic carbocycles. The Kier molecular flexibility index (Phi) is 6.08. The molecule has 6 rings (SSSR count). The van der Waals surface area contributed by atoms with Crippen LogP contribution in [0.5, 0.6) is 0 Å². The predicted octanol–water partition coefficient (Wildman–Crippen LogP) is 3.79. The van der Waals surface area contributed by atoms with Crippen LogP contribution < -0.4 is 4.90 Å². The summed E-state index contributed by atoms with van der Waals surface area (Å²) < 4.78 is 33.6. The molecule has 3 aliphatic rings. The zero-order valence-corrected chi connectivity index (χ0v) is 22.3. The number of fused-ring (bicyclic) bond motifs is 1. The summed E-state index contributed by atoms with van der Waals surface area (Å²) in [5.74, 6) is -1.23. The maximum atomic E-state index is 15.0. The summed E-state index contributed by atoms with van der Waals surface area (Å²) in [6, 6.07) is 9.50. The van der Waals surface area contributed by atoms with E-state index in [9.17, 15) is 14.9 Å². The molecule has 11 nitrogen and oxygen atoms in total. The number of benzene rings is 1. The fourth-order valence-electron chi connectivity index (χ4n) is 5.24. The monoisotopic (exact) mass is 546 g/mol. The van der Waals surface area contributed by atoms with Crippen LogP contribution in [0.15, 0.2) is 36.5 Å². The third-order valence-electron chi connectivity index (χ3n) is 7.00. The molecule has 0 saturated carbocycles. The Morgan fingerprint density at radius 2 is 1.98 bits per heavy atom. The number of pyridine rings is 1. The molecule has 3 aliphatic heterocycles. The van der Waals surface area contributed by atoms with Gasteiger partial charge in [0, 0.05) is 25.2 Å². The van der Waals surface area contributed by atoms with E-state index in [-0.39, 0.29) is 34.6 Å². The van der Waals surface area contributed by atoms with Gasteiger partial charge in [0.05, 0.1) is 66.1 Å². The van der Waals surface area contributed by atoms with Gasteiger partial charge < -0.3 is 19.1 Å². The number of halogens is 1. The van der Waals surface area contributed by atoms with E-state index in [1.54, 1.807) is 33.0 Å². The number of carbonyl (C=O) groups is 2. The summed E-state index contributed by atoms with van der Waals surface area (Å²) in [5, 5.41) is 14.4. The lowest BCUT2D eigenvalue weighted by Gasteiger charge is -2.23. The van der Waals surface area contributed by atoms with Gasteiger partial charge >= 0.3 is 6.09 Å². The van der Waals surface area contributed by atoms with Crippen LogP contribution in [0.1, 0.15) is 48.8 Å². The van der Waals surface area contributed by atoms with Gasteiger partial charge in [0.15, 0.2) is 11.6 Å². The van der Waals surface area contributed by atoms with Gasteiger partial charge in [0.25, 0.3) is 5.91 Å². The third-order valence-corrected chi connectivity index (χ3v) is 7.00. The molecule has 2 aromatic heterocycles. The molecule has 1 spiro atoms. The number of hydrogen-bond donors (Lipinski definition) is 0. The summed E-state index contributed by atoms with van der Waals surface area (Å²) in [6.45, 7) is 7.22. The van der Waals surface area contributed by atoms with Gasteiger partial charge in [-0.25, -0.2) is 23.8 Å². The summed E-state index contributed by atoms with van der Waals surface area (Å²) in [5.41, 5.74) is 0.122. The van der Waals surface area contributed by atoms with Crippen molar-refractivity contribution in [3.05, 3.63) is 59.2 Å². The molecule has 2 fully saturated rings.